The van der Waals surface area contributed by atoms with Gasteiger partial charge in [-0.3, -0.25) is 5.32 Å². The highest BCUT2D eigenvalue weighted by Crippen LogP contribution is 2.15. The van der Waals surface area contributed by atoms with Crippen molar-refractivity contribution in [2.24, 2.45) is 5.92 Å². The summed E-state index contributed by atoms with van der Waals surface area (Å²) in [6.45, 7) is 9.39. The van der Waals surface area contributed by atoms with E-state index in [1.165, 1.54) is 12.2 Å². The number of nitriles is 1. The molecule has 0 aliphatic rings. The van der Waals surface area contributed by atoms with Gasteiger partial charge in [0.25, 0.3) is 0 Å². The first kappa shape index (κ1) is 14.8. The molecule has 0 aromatic carbocycles. The van der Waals surface area contributed by atoms with Crippen LogP contribution in [0.25, 0.3) is 0 Å². The Bertz CT molecular complexity index is 198. The summed E-state index contributed by atoms with van der Waals surface area (Å²) in [5.74, 6) is 3.07. The summed E-state index contributed by atoms with van der Waals surface area (Å²) in [5.41, 5.74) is -0.334. The van der Waals surface area contributed by atoms with Crippen LogP contribution in [0, 0.1) is 17.2 Å². The molecule has 0 aliphatic heterocycles. The smallest absolute Gasteiger partial charge is 0.104 e. The molecule has 1 atom stereocenters. The molecule has 0 bridgehead atoms. The number of nitrogens with zero attached hydrogens (tertiary/aromatic N) is 1. The van der Waals surface area contributed by atoms with Gasteiger partial charge in [0.2, 0.25) is 0 Å². The molecule has 0 saturated carbocycles. The highest BCUT2D eigenvalue weighted by Gasteiger charge is 2.21. The lowest BCUT2D eigenvalue weighted by molar-refractivity contribution is 0.450. The Morgan fingerprint density at radius 2 is 2.07 bits per heavy atom. The van der Waals surface area contributed by atoms with Gasteiger partial charge in [0.1, 0.15) is 5.54 Å². The summed E-state index contributed by atoms with van der Waals surface area (Å²) in [6.07, 6.45) is 2.20. The van der Waals surface area contributed by atoms with Crippen molar-refractivity contribution < 1.29 is 0 Å². The Morgan fingerprint density at radius 1 is 1.40 bits per heavy atom. The summed E-state index contributed by atoms with van der Waals surface area (Å²) in [5, 5.41) is 12.3. The van der Waals surface area contributed by atoms with E-state index in [1.807, 2.05) is 25.6 Å². The normalized spacial score (nSPS) is 14.9. The fourth-order valence-electron chi connectivity index (χ4n) is 1.27. The molecule has 0 heterocycles. The molecule has 0 aromatic heterocycles. The molecule has 0 saturated heterocycles. The first-order chi connectivity index (χ1) is 7.04. The zero-order valence-corrected chi connectivity index (χ0v) is 11.3. The van der Waals surface area contributed by atoms with Crippen LogP contribution in [-0.4, -0.2) is 23.6 Å². The number of nitrogens with one attached hydrogen (secondary N) is 1. The highest BCUT2D eigenvalue weighted by molar-refractivity contribution is 7.99. The van der Waals surface area contributed by atoms with Crippen LogP contribution < -0.4 is 5.32 Å². The van der Waals surface area contributed by atoms with Gasteiger partial charge in [-0.25, -0.2) is 0 Å². The highest BCUT2D eigenvalue weighted by atomic mass is 32.2. The topological polar surface area (TPSA) is 35.8 Å². The Kier molecular flexibility index (Phi) is 7.90. The third-order valence-electron chi connectivity index (χ3n) is 2.40. The zero-order valence-electron chi connectivity index (χ0n) is 10.5. The van der Waals surface area contributed by atoms with Gasteiger partial charge in [0.15, 0.2) is 0 Å². The Labute approximate surface area is 98.8 Å². The van der Waals surface area contributed by atoms with Gasteiger partial charge in [-0.05, 0) is 43.7 Å². The minimum Gasteiger partial charge on any atom is -0.300 e. The molecular formula is C12H24N2S. The SMILES string of the molecule is CCNC(C)(C#N)CCSCCC(C)C. The van der Waals surface area contributed by atoms with Crippen LogP contribution in [0.3, 0.4) is 0 Å². The zero-order chi connectivity index (χ0) is 11.7. The van der Waals surface area contributed by atoms with E-state index >= 15 is 0 Å². The number of rotatable bonds is 8. The average Bonchev–Trinajstić information content (AvgIpc) is 2.17. The van der Waals surface area contributed by atoms with E-state index in [2.05, 4.69) is 25.2 Å². The first-order valence-electron chi connectivity index (χ1n) is 5.78. The van der Waals surface area contributed by atoms with Crippen molar-refractivity contribution in [1.82, 2.24) is 5.32 Å². The van der Waals surface area contributed by atoms with E-state index < -0.39 is 0 Å². The Morgan fingerprint density at radius 3 is 2.53 bits per heavy atom. The maximum absolute atomic E-state index is 9.04. The minimum atomic E-state index is -0.334. The van der Waals surface area contributed by atoms with Gasteiger partial charge in [-0.1, -0.05) is 20.8 Å². The standard InChI is InChI=1S/C12H24N2S/c1-5-14-12(4,10-13)7-9-15-8-6-11(2)3/h11,14H,5-9H2,1-4H3. The number of hydrogen-bond donors (Lipinski definition) is 1. The minimum absolute atomic E-state index is 0.334. The summed E-state index contributed by atoms with van der Waals surface area (Å²) < 4.78 is 0. The summed E-state index contributed by atoms with van der Waals surface area (Å²) in [6, 6.07) is 2.35. The third-order valence-corrected chi connectivity index (χ3v) is 3.42. The molecule has 0 fully saturated rings. The summed E-state index contributed by atoms with van der Waals surface area (Å²) in [7, 11) is 0. The first-order valence-corrected chi connectivity index (χ1v) is 6.93. The Balaban J connectivity index is 3.60. The van der Waals surface area contributed by atoms with Crippen molar-refractivity contribution in [3.8, 4) is 6.07 Å². The van der Waals surface area contributed by atoms with Gasteiger partial charge in [0, 0.05) is 0 Å². The maximum Gasteiger partial charge on any atom is 0.104 e. The van der Waals surface area contributed by atoms with E-state index in [0.717, 1.165) is 24.6 Å². The van der Waals surface area contributed by atoms with Gasteiger partial charge >= 0.3 is 0 Å². The van der Waals surface area contributed by atoms with Crippen molar-refractivity contribution in [2.75, 3.05) is 18.1 Å². The van der Waals surface area contributed by atoms with E-state index in [0.29, 0.717) is 0 Å². The second kappa shape index (κ2) is 8.01. The summed E-state index contributed by atoms with van der Waals surface area (Å²) in [4.78, 5) is 0. The van der Waals surface area contributed by atoms with Crippen molar-refractivity contribution in [3.63, 3.8) is 0 Å². The van der Waals surface area contributed by atoms with Crippen molar-refractivity contribution in [1.29, 1.82) is 5.26 Å². The van der Waals surface area contributed by atoms with Crippen molar-refractivity contribution in [3.05, 3.63) is 0 Å². The molecule has 3 heteroatoms. The quantitative estimate of drug-likeness (QED) is 0.649. The van der Waals surface area contributed by atoms with Crippen LogP contribution in [0.15, 0.2) is 0 Å². The van der Waals surface area contributed by atoms with Crippen LogP contribution in [0.4, 0.5) is 0 Å². The van der Waals surface area contributed by atoms with Crippen molar-refractivity contribution >= 4 is 11.8 Å². The molecule has 2 nitrogen and oxygen atoms in total. The second-order valence-corrected chi connectivity index (χ2v) is 5.74. The fourth-order valence-corrected chi connectivity index (χ4v) is 2.67. The lowest BCUT2D eigenvalue weighted by atomic mass is 10.0. The second-order valence-electron chi connectivity index (χ2n) is 4.52. The predicted octanol–water partition coefficient (Wildman–Crippen LogP) is 3.05. The van der Waals surface area contributed by atoms with E-state index in [1.54, 1.807) is 0 Å². The third kappa shape index (κ3) is 7.70. The van der Waals surface area contributed by atoms with Gasteiger partial charge in [-0.15, -0.1) is 0 Å². The van der Waals surface area contributed by atoms with Gasteiger partial charge in [-0.2, -0.15) is 17.0 Å². The van der Waals surface area contributed by atoms with Crippen LogP contribution in [-0.2, 0) is 0 Å². The monoisotopic (exact) mass is 228 g/mol. The predicted molar refractivity (Wildman–Crippen MR) is 69.1 cm³/mol. The molecular weight excluding hydrogens is 204 g/mol. The number of hydrogen-bond acceptors (Lipinski definition) is 3. The van der Waals surface area contributed by atoms with E-state index in [-0.39, 0.29) is 5.54 Å². The maximum atomic E-state index is 9.04. The van der Waals surface area contributed by atoms with Gasteiger partial charge < -0.3 is 0 Å². The Hall–Kier alpha value is -0.200. The molecule has 1 unspecified atom stereocenters. The van der Waals surface area contributed by atoms with Crippen LogP contribution >= 0.6 is 11.8 Å². The molecule has 15 heavy (non-hydrogen) atoms. The molecule has 0 amide bonds. The number of thioether (sulfide) groups is 1. The lowest BCUT2D eigenvalue weighted by Gasteiger charge is -2.22. The van der Waals surface area contributed by atoms with E-state index in [4.69, 9.17) is 5.26 Å². The molecule has 0 aliphatic carbocycles. The van der Waals surface area contributed by atoms with Crippen LogP contribution in [0.5, 0.6) is 0 Å². The van der Waals surface area contributed by atoms with Crippen LogP contribution in [0.1, 0.15) is 40.5 Å². The molecule has 1 N–H and O–H groups in total. The summed E-state index contributed by atoms with van der Waals surface area (Å²) >= 11 is 1.96. The molecule has 0 rings (SSSR count). The molecule has 0 radical (unpaired) electrons. The van der Waals surface area contributed by atoms with Crippen molar-refractivity contribution in [2.45, 2.75) is 46.1 Å². The molecule has 0 spiro atoms. The molecule has 88 valence electrons. The molecule has 0 aromatic rings. The van der Waals surface area contributed by atoms with E-state index in [9.17, 15) is 0 Å². The fraction of sp³-hybridized carbons (Fsp3) is 0.917. The average molecular weight is 228 g/mol. The lowest BCUT2D eigenvalue weighted by Crippen LogP contribution is -2.41. The van der Waals surface area contributed by atoms with Crippen LogP contribution in [0.2, 0.25) is 0 Å². The van der Waals surface area contributed by atoms with Gasteiger partial charge in [0.05, 0.1) is 6.07 Å². The largest absolute Gasteiger partial charge is 0.300 e.